The summed E-state index contributed by atoms with van der Waals surface area (Å²) in [6.45, 7) is 2.12. The number of rotatable bonds is 0. The topological polar surface area (TPSA) is 18.5 Å². The van der Waals surface area contributed by atoms with Crippen molar-refractivity contribution in [3.05, 3.63) is 29.8 Å². The van der Waals surface area contributed by atoms with Gasteiger partial charge in [0.2, 0.25) is 5.79 Å². The SMILES string of the molecule is CC1OC2(CCCCC2)Oc2ccccc21. The first-order valence-corrected chi connectivity index (χ1v) is 6.25. The van der Waals surface area contributed by atoms with Crippen molar-refractivity contribution >= 4 is 0 Å². The summed E-state index contributed by atoms with van der Waals surface area (Å²) in [6, 6.07) is 8.23. The van der Waals surface area contributed by atoms with Crippen molar-refractivity contribution in [1.82, 2.24) is 0 Å². The van der Waals surface area contributed by atoms with Gasteiger partial charge in [-0.1, -0.05) is 24.6 Å². The van der Waals surface area contributed by atoms with Crippen LogP contribution in [0.25, 0.3) is 0 Å². The molecule has 0 N–H and O–H groups in total. The van der Waals surface area contributed by atoms with E-state index in [1.165, 1.54) is 24.8 Å². The molecule has 0 aromatic heterocycles. The monoisotopic (exact) mass is 218 g/mol. The molecule has 2 aliphatic rings. The molecule has 1 saturated carbocycles. The maximum Gasteiger partial charge on any atom is 0.211 e. The first-order valence-electron chi connectivity index (χ1n) is 6.25. The fraction of sp³-hybridized carbons (Fsp3) is 0.571. The second-order valence-corrected chi connectivity index (χ2v) is 4.87. The molecule has 1 heterocycles. The van der Waals surface area contributed by atoms with Gasteiger partial charge in [0.05, 0.1) is 6.10 Å². The van der Waals surface area contributed by atoms with Crippen molar-refractivity contribution in [2.24, 2.45) is 0 Å². The van der Waals surface area contributed by atoms with Crippen molar-refractivity contribution in [3.63, 3.8) is 0 Å². The summed E-state index contributed by atoms with van der Waals surface area (Å²) in [4.78, 5) is 0. The fourth-order valence-corrected chi connectivity index (χ4v) is 2.83. The molecule has 1 aliphatic heterocycles. The van der Waals surface area contributed by atoms with Gasteiger partial charge in [-0.25, -0.2) is 0 Å². The maximum atomic E-state index is 6.12. The van der Waals surface area contributed by atoms with E-state index in [0.717, 1.165) is 18.6 Å². The lowest BCUT2D eigenvalue weighted by atomic mass is 9.92. The summed E-state index contributed by atoms with van der Waals surface area (Å²) in [5.74, 6) is 0.689. The minimum atomic E-state index is -0.327. The third-order valence-corrected chi connectivity index (χ3v) is 3.66. The second-order valence-electron chi connectivity index (χ2n) is 4.87. The molecular formula is C14H18O2. The Morgan fingerprint density at radius 3 is 2.69 bits per heavy atom. The van der Waals surface area contributed by atoms with Gasteiger partial charge in [0.15, 0.2) is 0 Å². The summed E-state index contributed by atoms with van der Waals surface area (Å²) >= 11 is 0. The predicted octanol–water partition coefficient (Wildman–Crippen LogP) is 3.82. The van der Waals surface area contributed by atoms with Crippen molar-refractivity contribution in [2.75, 3.05) is 0 Å². The highest BCUT2D eigenvalue weighted by atomic mass is 16.7. The highest BCUT2D eigenvalue weighted by molar-refractivity contribution is 5.36. The Bertz CT molecular complexity index is 380. The maximum absolute atomic E-state index is 6.12. The van der Waals surface area contributed by atoms with Crippen LogP contribution in [-0.2, 0) is 4.74 Å². The van der Waals surface area contributed by atoms with Gasteiger partial charge in [-0.3, -0.25) is 0 Å². The highest BCUT2D eigenvalue weighted by Crippen LogP contribution is 2.44. The molecule has 1 spiro atoms. The molecule has 1 unspecified atom stereocenters. The molecule has 0 amide bonds. The molecule has 2 heteroatoms. The molecule has 3 rings (SSSR count). The number of ether oxygens (including phenoxy) is 2. The third-order valence-electron chi connectivity index (χ3n) is 3.66. The Kier molecular flexibility index (Phi) is 2.40. The van der Waals surface area contributed by atoms with E-state index < -0.39 is 0 Å². The number of hydrogen-bond donors (Lipinski definition) is 0. The molecule has 2 nitrogen and oxygen atoms in total. The van der Waals surface area contributed by atoms with Gasteiger partial charge in [0, 0.05) is 18.4 Å². The van der Waals surface area contributed by atoms with Crippen LogP contribution >= 0.6 is 0 Å². The molecule has 0 radical (unpaired) electrons. The van der Waals surface area contributed by atoms with E-state index in [9.17, 15) is 0 Å². The first kappa shape index (κ1) is 10.2. The van der Waals surface area contributed by atoms with Gasteiger partial charge in [-0.05, 0) is 25.8 Å². The van der Waals surface area contributed by atoms with Crippen LogP contribution in [0, 0.1) is 0 Å². The zero-order chi connectivity index (χ0) is 11.0. The van der Waals surface area contributed by atoms with Crippen LogP contribution in [-0.4, -0.2) is 5.79 Å². The Morgan fingerprint density at radius 2 is 1.88 bits per heavy atom. The minimum Gasteiger partial charge on any atom is -0.462 e. The Hall–Kier alpha value is -1.02. The van der Waals surface area contributed by atoms with E-state index >= 15 is 0 Å². The summed E-state index contributed by atoms with van der Waals surface area (Å²) in [6.07, 6.45) is 5.97. The quantitative estimate of drug-likeness (QED) is 0.659. The average Bonchev–Trinajstić information content (AvgIpc) is 2.30. The molecule has 1 aromatic carbocycles. The van der Waals surface area contributed by atoms with Gasteiger partial charge in [0.1, 0.15) is 5.75 Å². The van der Waals surface area contributed by atoms with E-state index in [4.69, 9.17) is 9.47 Å². The molecular weight excluding hydrogens is 200 g/mol. The number of benzene rings is 1. The Labute approximate surface area is 96.6 Å². The fourth-order valence-electron chi connectivity index (χ4n) is 2.83. The van der Waals surface area contributed by atoms with Crippen LogP contribution in [0.2, 0.25) is 0 Å². The van der Waals surface area contributed by atoms with Crippen molar-refractivity contribution in [2.45, 2.75) is 50.9 Å². The molecule has 1 atom stereocenters. The lowest BCUT2D eigenvalue weighted by molar-refractivity contribution is -0.240. The predicted molar refractivity (Wildman–Crippen MR) is 62.4 cm³/mol. The summed E-state index contributed by atoms with van der Waals surface area (Å²) in [5.41, 5.74) is 1.18. The number of fused-ring (bicyclic) bond motifs is 1. The average molecular weight is 218 g/mol. The highest BCUT2D eigenvalue weighted by Gasteiger charge is 2.41. The number of hydrogen-bond acceptors (Lipinski definition) is 2. The largest absolute Gasteiger partial charge is 0.462 e. The van der Waals surface area contributed by atoms with Crippen molar-refractivity contribution < 1.29 is 9.47 Å². The molecule has 86 valence electrons. The lowest BCUT2D eigenvalue weighted by Crippen LogP contribution is -2.44. The standard InChI is InChI=1S/C14H18O2/c1-11-12-7-3-4-8-13(12)16-14(15-11)9-5-2-6-10-14/h3-4,7-8,11H,2,5-6,9-10H2,1H3. The van der Waals surface area contributed by atoms with Gasteiger partial charge < -0.3 is 9.47 Å². The Morgan fingerprint density at radius 1 is 1.12 bits per heavy atom. The van der Waals surface area contributed by atoms with E-state index in [-0.39, 0.29) is 11.9 Å². The summed E-state index contributed by atoms with van der Waals surface area (Å²) in [7, 11) is 0. The van der Waals surface area contributed by atoms with E-state index in [1.54, 1.807) is 0 Å². The lowest BCUT2D eigenvalue weighted by Gasteiger charge is -2.43. The summed E-state index contributed by atoms with van der Waals surface area (Å²) < 4.78 is 12.2. The molecule has 1 aliphatic carbocycles. The molecule has 1 fully saturated rings. The van der Waals surface area contributed by atoms with Crippen LogP contribution in [0.4, 0.5) is 0 Å². The zero-order valence-corrected chi connectivity index (χ0v) is 9.74. The van der Waals surface area contributed by atoms with Gasteiger partial charge in [-0.15, -0.1) is 0 Å². The second kappa shape index (κ2) is 3.77. The van der Waals surface area contributed by atoms with Gasteiger partial charge in [-0.2, -0.15) is 0 Å². The summed E-state index contributed by atoms with van der Waals surface area (Å²) in [5, 5.41) is 0. The van der Waals surface area contributed by atoms with Crippen molar-refractivity contribution in [1.29, 1.82) is 0 Å². The third kappa shape index (κ3) is 1.61. The van der Waals surface area contributed by atoms with E-state index in [2.05, 4.69) is 19.1 Å². The normalized spacial score (nSPS) is 27.2. The minimum absolute atomic E-state index is 0.156. The van der Waals surface area contributed by atoms with E-state index in [1.807, 2.05) is 12.1 Å². The van der Waals surface area contributed by atoms with Gasteiger partial charge in [0.25, 0.3) is 0 Å². The molecule has 0 bridgehead atoms. The zero-order valence-electron chi connectivity index (χ0n) is 9.74. The molecule has 0 saturated heterocycles. The number of para-hydroxylation sites is 1. The van der Waals surface area contributed by atoms with Crippen LogP contribution in [0.5, 0.6) is 5.75 Å². The Balaban J connectivity index is 1.93. The van der Waals surface area contributed by atoms with Crippen LogP contribution < -0.4 is 4.74 Å². The van der Waals surface area contributed by atoms with Crippen LogP contribution in [0.1, 0.15) is 50.7 Å². The smallest absolute Gasteiger partial charge is 0.211 e. The molecule has 1 aromatic rings. The van der Waals surface area contributed by atoms with E-state index in [0.29, 0.717) is 0 Å². The molecule has 16 heavy (non-hydrogen) atoms. The van der Waals surface area contributed by atoms with Gasteiger partial charge >= 0.3 is 0 Å². The van der Waals surface area contributed by atoms with Crippen LogP contribution in [0.3, 0.4) is 0 Å². The first-order chi connectivity index (χ1) is 7.79. The van der Waals surface area contributed by atoms with Crippen molar-refractivity contribution in [3.8, 4) is 5.75 Å². The van der Waals surface area contributed by atoms with Crippen LogP contribution in [0.15, 0.2) is 24.3 Å².